The van der Waals surface area contributed by atoms with Crippen LogP contribution in [0.5, 0.6) is 0 Å². The van der Waals surface area contributed by atoms with Crippen molar-refractivity contribution in [3.05, 3.63) is 0 Å². The second-order valence-corrected chi connectivity index (χ2v) is 4.68. The molecule has 11 heavy (non-hydrogen) atoms. The lowest BCUT2D eigenvalue weighted by Gasteiger charge is -2.00. The third-order valence-electron chi connectivity index (χ3n) is 1.14. The van der Waals surface area contributed by atoms with Crippen LogP contribution in [-0.2, 0) is 9.84 Å². The highest BCUT2D eigenvalue weighted by Crippen LogP contribution is 1.80. The molecule has 0 heterocycles. The smallest absolute Gasteiger partial charge is 0.148 e. The van der Waals surface area contributed by atoms with Crippen molar-refractivity contribution in [3.8, 4) is 0 Å². The quantitative estimate of drug-likeness (QED) is 0.589. The van der Waals surface area contributed by atoms with E-state index in [2.05, 4.69) is 5.32 Å². The Morgan fingerprint density at radius 3 is 2.45 bits per heavy atom. The number of hydrogen-bond donors (Lipinski definition) is 1. The molecule has 68 valence electrons. The lowest BCUT2D eigenvalue weighted by atomic mass is 10.5. The number of halogens is 1. The average molecular weight is 183 g/mol. The lowest BCUT2D eigenvalue weighted by molar-refractivity contribution is 0.462. The van der Waals surface area contributed by atoms with E-state index in [0.717, 1.165) is 0 Å². The Hall–Kier alpha value is -0.160. The van der Waals surface area contributed by atoms with Gasteiger partial charge < -0.3 is 5.32 Å². The van der Waals surface area contributed by atoms with Gasteiger partial charge >= 0.3 is 0 Å². The molecule has 0 rings (SSSR count). The predicted molar refractivity (Wildman–Crippen MR) is 43.2 cm³/mol. The molecule has 0 saturated heterocycles. The SMILES string of the molecule is CS(=O)(=O)CCNCCCF. The molecule has 0 aromatic carbocycles. The highest BCUT2D eigenvalue weighted by Gasteiger charge is 1.99. The van der Waals surface area contributed by atoms with Crippen molar-refractivity contribution in [3.63, 3.8) is 0 Å². The van der Waals surface area contributed by atoms with E-state index in [-0.39, 0.29) is 12.4 Å². The Morgan fingerprint density at radius 2 is 2.00 bits per heavy atom. The van der Waals surface area contributed by atoms with Crippen LogP contribution in [0.3, 0.4) is 0 Å². The molecule has 0 aliphatic carbocycles. The van der Waals surface area contributed by atoms with Crippen molar-refractivity contribution in [1.82, 2.24) is 5.32 Å². The minimum atomic E-state index is -2.87. The third-order valence-corrected chi connectivity index (χ3v) is 2.08. The Morgan fingerprint density at radius 1 is 1.36 bits per heavy atom. The molecule has 5 heteroatoms. The summed E-state index contributed by atoms with van der Waals surface area (Å²) in [6, 6.07) is 0. The maximum absolute atomic E-state index is 11.5. The summed E-state index contributed by atoms with van der Waals surface area (Å²) >= 11 is 0. The summed E-state index contributed by atoms with van der Waals surface area (Å²) < 4.78 is 32.6. The minimum Gasteiger partial charge on any atom is -0.316 e. The van der Waals surface area contributed by atoms with Gasteiger partial charge in [-0.1, -0.05) is 0 Å². The monoisotopic (exact) mass is 183 g/mol. The van der Waals surface area contributed by atoms with Gasteiger partial charge in [0.05, 0.1) is 12.4 Å². The van der Waals surface area contributed by atoms with Gasteiger partial charge in [-0.05, 0) is 13.0 Å². The van der Waals surface area contributed by atoms with Gasteiger partial charge in [0.1, 0.15) is 9.84 Å². The first-order valence-corrected chi connectivity index (χ1v) is 5.57. The molecule has 0 unspecified atom stereocenters. The molecule has 0 fully saturated rings. The molecule has 0 spiro atoms. The summed E-state index contributed by atoms with van der Waals surface area (Å²) in [6.45, 7) is 0.608. The second kappa shape index (κ2) is 5.49. The van der Waals surface area contributed by atoms with Crippen molar-refractivity contribution in [2.75, 3.05) is 31.8 Å². The zero-order chi connectivity index (χ0) is 8.74. The van der Waals surface area contributed by atoms with Crippen LogP contribution in [0, 0.1) is 0 Å². The van der Waals surface area contributed by atoms with Gasteiger partial charge in [-0.2, -0.15) is 0 Å². The molecule has 1 N–H and O–H groups in total. The van der Waals surface area contributed by atoms with Gasteiger partial charge in [0.2, 0.25) is 0 Å². The molecule has 0 saturated carbocycles. The van der Waals surface area contributed by atoms with E-state index in [9.17, 15) is 12.8 Å². The number of nitrogens with one attached hydrogen (secondary N) is 1. The topological polar surface area (TPSA) is 46.2 Å². The Bertz CT molecular complexity index is 179. The van der Waals surface area contributed by atoms with Crippen LogP contribution in [0.4, 0.5) is 4.39 Å². The molecule has 0 aliphatic rings. The van der Waals surface area contributed by atoms with Gasteiger partial charge in [-0.25, -0.2) is 8.42 Å². The maximum Gasteiger partial charge on any atom is 0.148 e. The molecule has 0 radical (unpaired) electrons. The summed E-state index contributed by atoms with van der Waals surface area (Å²) in [5.74, 6) is 0.124. The van der Waals surface area contributed by atoms with Gasteiger partial charge in [0.25, 0.3) is 0 Å². The molecule has 0 amide bonds. The summed E-state index contributed by atoms with van der Waals surface area (Å²) in [5.41, 5.74) is 0. The van der Waals surface area contributed by atoms with Crippen molar-refractivity contribution in [1.29, 1.82) is 0 Å². The van der Waals surface area contributed by atoms with Gasteiger partial charge in [-0.15, -0.1) is 0 Å². The van der Waals surface area contributed by atoms with Crippen LogP contribution >= 0.6 is 0 Å². The summed E-state index contributed by atoms with van der Waals surface area (Å²) in [7, 11) is -2.87. The Balaban J connectivity index is 3.16. The summed E-state index contributed by atoms with van der Waals surface area (Å²) in [5, 5.41) is 2.82. The van der Waals surface area contributed by atoms with Gasteiger partial charge in [0, 0.05) is 12.8 Å². The van der Waals surface area contributed by atoms with Crippen molar-refractivity contribution in [2.24, 2.45) is 0 Å². The van der Waals surface area contributed by atoms with E-state index in [1.165, 1.54) is 6.26 Å². The van der Waals surface area contributed by atoms with Gasteiger partial charge in [-0.3, -0.25) is 4.39 Å². The number of hydrogen-bond acceptors (Lipinski definition) is 3. The normalized spacial score (nSPS) is 11.8. The molecule has 0 atom stereocenters. The van der Waals surface area contributed by atoms with E-state index >= 15 is 0 Å². The van der Waals surface area contributed by atoms with Crippen LogP contribution in [0.2, 0.25) is 0 Å². The molecule has 0 aromatic heterocycles. The maximum atomic E-state index is 11.5. The lowest BCUT2D eigenvalue weighted by Crippen LogP contribution is -2.23. The Kier molecular flexibility index (Phi) is 5.41. The highest BCUT2D eigenvalue weighted by atomic mass is 32.2. The molecule has 3 nitrogen and oxygen atoms in total. The van der Waals surface area contributed by atoms with E-state index < -0.39 is 9.84 Å². The fourth-order valence-electron chi connectivity index (χ4n) is 0.574. The number of sulfone groups is 1. The summed E-state index contributed by atoms with van der Waals surface area (Å²) in [6.07, 6.45) is 1.63. The van der Waals surface area contributed by atoms with Crippen molar-refractivity contribution in [2.45, 2.75) is 6.42 Å². The van der Waals surface area contributed by atoms with Crippen LogP contribution in [0.15, 0.2) is 0 Å². The molecular formula is C6H14FNO2S. The van der Waals surface area contributed by atoms with Gasteiger partial charge in [0.15, 0.2) is 0 Å². The van der Waals surface area contributed by atoms with Crippen LogP contribution in [0.1, 0.15) is 6.42 Å². The molecule has 0 bridgehead atoms. The first kappa shape index (κ1) is 10.8. The first-order valence-electron chi connectivity index (χ1n) is 3.50. The minimum absolute atomic E-state index is 0.124. The van der Waals surface area contributed by atoms with E-state index in [0.29, 0.717) is 19.5 Å². The van der Waals surface area contributed by atoms with E-state index in [1.807, 2.05) is 0 Å². The Labute approximate surface area is 66.9 Å². The fourth-order valence-corrected chi connectivity index (χ4v) is 1.09. The van der Waals surface area contributed by atoms with Crippen molar-refractivity contribution >= 4 is 9.84 Å². The van der Waals surface area contributed by atoms with Crippen LogP contribution < -0.4 is 5.32 Å². The molecular weight excluding hydrogens is 169 g/mol. The first-order chi connectivity index (χ1) is 5.06. The highest BCUT2D eigenvalue weighted by molar-refractivity contribution is 7.90. The standard InChI is InChI=1S/C6H14FNO2S/c1-11(9,10)6-5-8-4-2-3-7/h8H,2-6H2,1H3. The van der Waals surface area contributed by atoms with Crippen LogP contribution in [-0.4, -0.2) is 40.2 Å². The van der Waals surface area contributed by atoms with Crippen molar-refractivity contribution < 1.29 is 12.8 Å². The average Bonchev–Trinajstić information content (AvgIpc) is 1.85. The summed E-state index contributed by atoms with van der Waals surface area (Å²) in [4.78, 5) is 0. The number of alkyl halides is 1. The third kappa shape index (κ3) is 9.84. The fraction of sp³-hybridized carbons (Fsp3) is 1.00. The molecule has 0 aliphatic heterocycles. The zero-order valence-electron chi connectivity index (χ0n) is 6.64. The predicted octanol–water partition coefficient (Wildman–Crippen LogP) is -0.0198. The van der Waals surface area contributed by atoms with E-state index in [4.69, 9.17) is 0 Å². The number of rotatable bonds is 6. The van der Waals surface area contributed by atoms with E-state index in [1.54, 1.807) is 0 Å². The zero-order valence-corrected chi connectivity index (χ0v) is 7.45. The largest absolute Gasteiger partial charge is 0.316 e. The van der Waals surface area contributed by atoms with Crippen LogP contribution in [0.25, 0.3) is 0 Å². The second-order valence-electron chi connectivity index (χ2n) is 2.42. The molecule has 0 aromatic rings.